The average Bonchev–Trinajstić information content (AvgIpc) is 3.17. The number of nitrogens with one attached hydrogen (secondary N) is 1. The first-order chi connectivity index (χ1) is 11.4. The Morgan fingerprint density at radius 3 is 2.71 bits per heavy atom. The molecule has 0 saturated carbocycles. The number of H-pyrrole nitrogens is 1. The van der Waals surface area contributed by atoms with Gasteiger partial charge >= 0.3 is 6.18 Å². The van der Waals surface area contributed by atoms with Crippen LogP contribution in [0.3, 0.4) is 0 Å². The van der Waals surface area contributed by atoms with Crippen LogP contribution in [0.15, 0.2) is 24.5 Å². The normalized spacial score (nSPS) is 23.0. The fraction of sp³-hybridized carbons (Fsp3) is 0.438. The van der Waals surface area contributed by atoms with E-state index in [9.17, 15) is 18.0 Å². The Bertz CT molecular complexity index is 771. The van der Waals surface area contributed by atoms with Crippen molar-refractivity contribution in [2.24, 2.45) is 5.92 Å². The van der Waals surface area contributed by atoms with Gasteiger partial charge in [0.05, 0.1) is 0 Å². The Labute approximate surface area is 135 Å². The third-order valence-corrected chi connectivity index (χ3v) is 4.96. The van der Waals surface area contributed by atoms with E-state index in [1.165, 1.54) is 0 Å². The maximum Gasteiger partial charge on any atom is 0.435 e. The van der Waals surface area contributed by atoms with Gasteiger partial charge in [-0.15, -0.1) is 0 Å². The Morgan fingerprint density at radius 1 is 1.25 bits per heavy atom. The van der Waals surface area contributed by atoms with Gasteiger partial charge in [-0.3, -0.25) is 14.9 Å². The van der Waals surface area contributed by atoms with Gasteiger partial charge in [-0.05, 0) is 30.9 Å². The molecule has 2 aromatic heterocycles. The molecular weight excluding hydrogens is 321 g/mol. The first-order valence-electron chi connectivity index (χ1n) is 7.79. The number of carbonyl (C=O) groups excluding carboxylic acids is 1. The highest BCUT2D eigenvalue weighted by Gasteiger charge is 2.45. The molecule has 0 aromatic carbocycles. The first kappa shape index (κ1) is 15.2. The second-order valence-electron chi connectivity index (χ2n) is 6.31. The summed E-state index contributed by atoms with van der Waals surface area (Å²) in [5.41, 5.74) is 0.546. The van der Waals surface area contributed by atoms with Crippen molar-refractivity contribution >= 4 is 5.91 Å². The SMILES string of the molecule is O=C(c1ccncc1)N1C[C@H]2CCc3c(C(F)(F)F)n[nH]c3[C@H]2C1. The number of halogens is 3. The number of likely N-dealkylation sites (tertiary alicyclic amines) is 1. The standard InChI is InChI=1S/C16H15F3N4O/c17-16(18,19)14-11-2-1-10-7-23(8-12(10)13(11)21-22-14)15(24)9-3-5-20-6-4-9/h3-6,10,12H,1-2,7-8H2,(H,21,22)/t10-,12+/m1/s1. The average molecular weight is 336 g/mol. The van der Waals surface area contributed by atoms with Gasteiger partial charge in [-0.2, -0.15) is 18.3 Å². The molecule has 4 rings (SSSR count). The van der Waals surface area contributed by atoms with Crippen LogP contribution in [0, 0.1) is 5.92 Å². The summed E-state index contributed by atoms with van der Waals surface area (Å²) < 4.78 is 39.1. The molecule has 0 unspecified atom stereocenters. The molecule has 0 spiro atoms. The molecule has 1 aliphatic carbocycles. The Morgan fingerprint density at radius 2 is 2.00 bits per heavy atom. The number of fused-ring (bicyclic) bond motifs is 3. The fourth-order valence-corrected chi connectivity index (χ4v) is 3.84. The van der Waals surface area contributed by atoms with Crippen LogP contribution in [-0.2, 0) is 12.6 Å². The molecule has 1 fully saturated rings. The van der Waals surface area contributed by atoms with Crippen molar-refractivity contribution in [3.63, 3.8) is 0 Å². The van der Waals surface area contributed by atoms with E-state index in [0.717, 1.165) is 0 Å². The highest BCUT2D eigenvalue weighted by Crippen LogP contribution is 2.44. The fourth-order valence-electron chi connectivity index (χ4n) is 3.84. The van der Waals surface area contributed by atoms with Crippen molar-refractivity contribution in [3.8, 4) is 0 Å². The Balaban J connectivity index is 1.60. The van der Waals surface area contributed by atoms with Crippen LogP contribution in [0.1, 0.15) is 39.6 Å². The largest absolute Gasteiger partial charge is 0.435 e. The van der Waals surface area contributed by atoms with Gasteiger partial charge in [-0.25, -0.2) is 0 Å². The van der Waals surface area contributed by atoms with E-state index in [4.69, 9.17) is 0 Å². The first-order valence-corrected chi connectivity index (χ1v) is 7.79. The van der Waals surface area contributed by atoms with Crippen molar-refractivity contribution in [1.29, 1.82) is 0 Å². The highest BCUT2D eigenvalue weighted by molar-refractivity contribution is 5.94. The van der Waals surface area contributed by atoms with Crippen LogP contribution >= 0.6 is 0 Å². The molecule has 1 saturated heterocycles. The maximum absolute atomic E-state index is 13.0. The summed E-state index contributed by atoms with van der Waals surface area (Å²) in [4.78, 5) is 18.2. The summed E-state index contributed by atoms with van der Waals surface area (Å²) in [6.07, 6.45) is -0.348. The molecule has 2 aliphatic rings. The summed E-state index contributed by atoms with van der Waals surface area (Å²) in [6, 6.07) is 3.29. The lowest BCUT2D eigenvalue weighted by Gasteiger charge is -2.24. The minimum absolute atomic E-state index is 0.107. The molecular formula is C16H15F3N4O. The predicted molar refractivity (Wildman–Crippen MR) is 78.3 cm³/mol. The number of hydrogen-bond donors (Lipinski definition) is 1. The van der Waals surface area contributed by atoms with Crippen molar-refractivity contribution in [2.75, 3.05) is 13.1 Å². The Hall–Kier alpha value is -2.38. The zero-order valence-corrected chi connectivity index (χ0v) is 12.7. The molecule has 2 aromatic rings. The number of nitrogens with zero attached hydrogens (tertiary/aromatic N) is 3. The molecule has 1 amide bonds. The van der Waals surface area contributed by atoms with Gasteiger partial charge in [-0.1, -0.05) is 0 Å². The number of rotatable bonds is 1. The quantitative estimate of drug-likeness (QED) is 0.871. The lowest BCUT2D eigenvalue weighted by molar-refractivity contribution is -0.141. The van der Waals surface area contributed by atoms with E-state index >= 15 is 0 Å². The van der Waals surface area contributed by atoms with Crippen molar-refractivity contribution < 1.29 is 18.0 Å². The molecule has 8 heteroatoms. The molecule has 5 nitrogen and oxygen atoms in total. The smallest absolute Gasteiger partial charge is 0.338 e. The lowest BCUT2D eigenvalue weighted by atomic mass is 9.80. The molecule has 24 heavy (non-hydrogen) atoms. The summed E-state index contributed by atoms with van der Waals surface area (Å²) >= 11 is 0. The van der Waals surface area contributed by atoms with Crippen molar-refractivity contribution in [1.82, 2.24) is 20.1 Å². The topological polar surface area (TPSA) is 61.9 Å². The molecule has 3 heterocycles. The van der Waals surface area contributed by atoms with Gasteiger partial charge in [0, 0.05) is 48.2 Å². The van der Waals surface area contributed by atoms with Gasteiger partial charge in [0.25, 0.3) is 5.91 Å². The minimum Gasteiger partial charge on any atom is -0.338 e. The van der Waals surface area contributed by atoms with Crippen LogP contribution in [0.5, 0.6) is 0 Å². The van der Waals surface area contributed by atoms with E-state index < -0.39 is 11.9 Å². The van der Waals surface area contributed by atoms with Crippen molar-refractivity contribution in [2.45, 2.75) is 24.9 Å². The van der Waals surface area contributed by atoms with Gasteiger partial charge < -0.3 is 4.90 Å². The number of alkyl halides is 3. The summed E-state index contributed by atoms with van der Waals surface area (Å²) in [5.74, 6) is -0.0446. The van der Waals surface area contributed by atoms with E-state index in [0.29, 0.717) is 37.2 Å². The van der Waals surface area contributed by atoms with E-state index in [-0.39, 0.29) is 23.3 Å². The number of amides is 1. The molecule has 1 aliphatic heterocycles. The zero-order chi connectivity index (χ0) is 16.9. The van der Waals surface area contributed by atoms with Crippen LogP contribution in [-0.4, -0.2) is 39.1 Å². The van der Waals surface area contributed by atoms with Gasteiger partial charge in [0.2, 0.25) is 0 Å². The van der Waals surface area contributed by atoms with Crippen molar-refractivity contribution in [3.05, 3.63) is 47.0 Å². The van der Waals surface area contributed by atoms with Gasteiger partial charge in [0.1, 0.15) is 0 Å². The summed E-state index contributed by atoms with van der Waals surface area (Å²) in [6.45, 7) is 0.976. The second-order valence-corrected chi connectivity index (χ2v) is 6.31. The van der Waals surface area contributed by atoms with E-state index in [1.54, 1.807) is 29.4 Å². The number of aromatic nitrogens is 3. The Kier molecular flexibility index (Phi) is 3.36. The molecule has 126 valence electrons. The van der Waals surface area contributed by atoms with E-state index in [1.807, 2.05) is 0 Å². The molecule has 0 radical (unpaired) electrons. The summed E-state index contributed by atoms with van der Waals surface area (Å²) in [5, 5.41) is 6.08. The maximum atomic E-state index is 13.0. The number of aromatic amines is 1. The number of hydrogen-bond acceptors (Lipinski definition) is 3. The monoisotopic (exact) mass is 336 g/mol. The van der Waals surface area contributed by atoms with Crippen LogP contribution in [0.4, 0.5) is 13.2 Å². The van der Waals surface area contributed by atoms with Gasteiger partial charge in [0.15, 0.2) is 5.69 Å². The number of pyridine rings is 1. The third kappa shape index (κ3) is 2.37. The molecule has 1 N–H and O–H groups in total. The lowest BCUT2D eigenvalue weighted by Crippen LogP contribution is -2.28. The summed E-state index contributed by atoms with van der Waals surface area (Å²) in [7, 11) is 0. The predicted octanol–water partition coefficient (Wildman–Crippen LogP) is 2.63. The van der Waals surface area contributed by atoms with Crippen LogP contribution in [0.25, 0.3) is 0 Å². The third-order valence-electron chi connectivity index (χ3n) is 4.96. The highest BCUT2D eigenvalue weighted by atomic mass is 19.4. The molecule has 0 bridgehead atoms. The minimum atomic E-state index is -4.44. The number of carbonyl (C=O) groups is 1. The van der Waals surface area contributed by atoms with E-state index in [2.05, 4.69) is 15.2 Å². The zero-order valence-electron chi connectivity index (χ0n) is 12.7. The van der Waals surface area contributed by atoms with Crippen LogP contribution < -0.4 is 0 Å². The second kappa shape index (κ2) is 5.32. The van der Waals surface area contributed by atoms with Crippen LogP contribution in [0.2, 0.25) is 0 Å². The molecule has 2 atom stereocenters.